The van der Waals surface area contributed by atoms with Crippen molar-refractivity contribution in [2.45, 2.75) is 19.4 Å². The molecule has 1 aliphatic heterocycles. The molecule has 146 valence electrons. The Bertz CT molecular complexity index is 979. The van der Waals surface area contributed by atoms with Gasteiger partial charge >= 0.3 is 6.01 Å². The van der Waals surface area contributed by atoms with Gasteiger partial charge in [-0.25, -0.2) is 9.97 Å². The molecule has 1 fully saturated rings. The number of rotatable bonds is 4. The Morgan fingerprint density at radius 2 is 1.89 bits per heavy atom. The van der Waals surface area contributed by atoms with Crippen LogP contribution in [0.2, 0.25) is 0 Å². The fraction of sp³-hybridized carbons (Fsp3) is 0.350. The van der Waals surface area contributed by atoms with E-state index in [-0.39, 0.29) is 11.9 Å². The average Bonchev–Trinajstić information content (AvgIpc) is 2.71. The molecule has 28 heavy (non-hydrogen) atoms. The van der Waals surface area contributed by atoms with Crippen LogP contribution >= 0.6 is 0 Å². The van der Waals surface area contributed by atoms with Gasteiger partial charge in [0, 0.05) is 19.3 Å². The van der Waals surface area contributed by atoms with Crippen LogP contribution in [-0.4, -0.2) is 46.4 Å². The maximum Gasteiger partial charge on any atom is 0.322 e. The normalized spacial score (nSPS) is 19.6. The molecule has 0 aliphatic carbocycles. The molecule has 0 bridgehead atoms. The van der Waals surface area contributed by atoms with Crippen LogP contribution in [0.4, 0.5) is 11.5 Å². The summed E-state index contributed by atoms with van der Waals surface area (Å²) in [6.07, 6.45) is 3.83. The minimum Gasteiger partial charge on any atom is -0.497 e. The highest BCUT2D eigenvalue weighted by Crippen LogP contribution is 2.32. The molecule has 4 rings (SSSR count). The van der Waals surface area contributed by atoms with Crippen molar-refractivity contribution in [1.82, 2.24) is 15.0 Å². The zero-order valence-corrected chi connectivity index (χ0v) is 15.9. The summed E-state index contributed by atoms with van der Waals surface area (Å²) in [5.41, 5.74) is 7.50. The van der Waals surface area contributed by atoms with E-state index in [9.17, 15) is 5.11 Å². The Morgan fingerprint density at radius 3 is 2.61 bits per heavy atom. The molecule has 1 aromatic carbocycles. The molecule has 8 heteroatoms. The smallest absolute Gasteiger partial charge is 0.322 e. The van der Waals surface area contributed by atoms with E-state index in [1.54, 1.807) is 43.8 Å². The van der Waals surface area contributed by atoms with Gasteiger partial charge in [-0.1, -0.05) is 6.92 Å². The molecule has 0 unspecified atom stereocenters. The van der Waals surface area contributed by atoms with Crippen molar-refractivity contribution in [2.24, 2.45) is 5.92 Å². The van der Waals surface area contributed by atoms with Gasteiger partial charge < -0.3 is 25.2 Å². The number of benzene rings is 1. The number of ether oxygens (including phenoxy) is 2. The number of fused-ring (bicyclic) bond motifs is 1. The third-order valence-corrected chi connectivity index (χ3v) is 5.14. The second-order valence-electron chi connectivity index (χ2n) is 7.00. The van der Waals surface area contributed by atoms with Crippen LogP contribution in [0.5, 0.6) is 17.5 Å². The van der Waals surface area contributed by atoms with E-state index in [1.165, 1.54) is 0 Å². The lowest BCUT2D eigenvalue weighted by atomic mass is 9.95. The minimum absolute atomic E-state index is 0.218. The maximum absolute atomic E-state index is 10.3. The van der Waals surface area contributed by atoms with E-state index in [0.717, 1.165) is 24.4 Å². The highest BCUT2D eigenvalue weighted by molar-refractivity contribution is 5.96. The van der Waals surface area contributed by atoms with Crippen LogP contribution in [0.3, 0.4) is 0 Å². The number of methoxy groups -OCH3 is 1. The van der Waals surface area contributed by atoms with Crippen molar-refractivity contribution in [3.05, 3.63) is 36.7 Å². The van der Waals surface area contributed by atoms with Crippen molar-refractivity contribution in [3.63, 3.8) is 0 Å². The number of aliphatic hydroxyl groups excluding tert-OH is 1. The van der Waals surface area contributed by atoms with E-state index in [1.807, 2.05) is 0 Å². The second-order valence-corrected chi connectivity index (χ2v) is 7.00. The summed E-state index contributed by atoms with van der Waals surface area (Å²) in [6, 6.07) is 7.41. The summed E-state index contributed by atoms with van der Waals surface area (Å²) in [5, 5.41) is 10.9. The second kappa shape index (κ2) is 7.47. The van der Waals surface area contributed by atoms with Gasteiger partial charge in [0.15, 0.2) is 0 Å². The maximum atomic E-state index is 10.3. The average molecular weight is 381 g/mol. The number of piperidine rings is 1. The zero-order valence-electron chi connectivity index (χ0n) is 15.9. The summed E-state index contributed by atoms with van der Waals surface area (Å²) >= 11 is 0. The number of nitrogens with two attached hydrogens (primary N) is 1. The van der Waals surface area contributed by atoms with Crippen LogP contribution in [0.25, 0.3) is 10.9 Å². The van der Waals surface area contributed by atoms with Crippen LogP contribution in [0.15, 0.2) is 36.7 Å². The van der Waals surface area contributed by atoms with Gasteiger partial charge in [-0.05, 0) is 36.6 Å². The monoisotopic (exact) mass is 381 g/mol. The molecular weight excluding hydrogens is 358 g/mol. The fourth-order valence-electron chi connectivity index (χ4n) is 3.31. The van der Waals surface area contributed by atoms with E-state index in [2.05, 4.69) is 26.8 Å². The molecule has 0 radical (unpaired) electrons. The molecular formula is C20H23N5O3. The van der Waals surface area contributed by atoms with E-state index in [0.29, 0.717) is 29.0 Å². The van der Waals surface area contributed by atoms with Crippen LogP contribution in [0, 0.1) is 5.92 Å². The molecule has 3 heterocycles. The van der Waals surface area contributed by atoms with Crippen molar-refractivity contribution >= 4 is 22.4 Å². The molecule has 0 amide bonds. The van der Waals surface area contributed by atoms with Crippen molar-refractivity contribution in [2.75, 3.05) is 30.8 Å². The van der Waals surface area contributed by atoms with Gasteiger partial charge in [0.05, 0.1) is 30.5 Å². The number of aliphatic hydroxyl groups is 1. The van der Waals surface area contributed by atoms with Crippen LogP contribution in [-0.2, 0) is 0 Å². The summed E-state index contributed by atoms with van der Waals surface area (Å²) in [5.74, 6) is 1.98. The minimum atomic E-state index is -0.391. The largest absolute Gasteiger partial charge is 0.497 e. The number of nitrogens with zero attached hydrogens (tertiary/aromatic N) is 4. The highest BCUT2D eigenvalue weighted by atomic mass is 16.5. The first-order valence-corrected chi connectivity index (χ1v) is 9.21. The number of pyridine rings is 1. The quantitative estimate of drug-likeness (QED) is 0.710. The topological polar surface area (TPSA) is 107 Å². The number of anilines is 2. The van der Waals surface area contributed by atoms with Crippen LogP contribution in [0.1, 0.15) is 13.3 Å². The SMILES string of the molecule is COc1ccc(Oc2ncc3c(N)ncc(N4CC[C@@H](C)[C@H](O)C4)c3n2)cc1. The standard InChI is InChI=1S/C20H23N5O3/c1-12-7-8-25(11-17(12)26)16-10-22-19(21)15-9-23-20(24-18(15)16)28-14-5-3-13(27-2)4-6-14/h3-6,9-10,12,17,26H,7-8,11H2,1-2H3,(H2,21,22)/t12-,17-/m1/s1. The summed E-state index contributed by atoms with van der Waals surface area (Å²) in [6.45, 7) is 3.41. The van der Waals surface area contributed by atoms with Crippen molar-refractivity contribution in [3.8, 4) is 17.5 Å². The van der Waals surface area contributed by atoms with Gasteiger partial charge in [-0.3, -0.25) is 0 Å². The summed E-state index contributed by atoms with van der Waals surface area (Å²) < 4.78 is 11.0. The Balaban J connectivity index is 1.68. The lowest BCUT2D eigenvalue weighted by Crippen LogP contribution is -2.43. The number of nitrogen functional groups attached to an aromatic ring is 1. The number of β-amino-alcohol motifs (C(OH)–C–C–N with tert-alkyl or cyclic N) is 1. The summed E-state index contributed by atoms with van der Waals surface area (Å²) in [4.78, 5) is 15.2. The molecule has 2 atom stereocenters. The number of hydrogen-bond donors (Lipinski definition) is 2. The molecule has 3 aromatic rings. The molecule has 0 spiro atoms. The Kier molecular flexibility index (Phi) is 4.87. The van der Waals surface area contributed by atoms with Crippen molar-refractivity contribution < 1.29 is 14.6 Å². The number of aromatic nitrogens is 3. The first-order chi connectivity index (χ1) is 13.5. The molecule has 1 saturated heterocycles. The molecule has 3 N–H and O–H groups in total. The Morgan fingerprint density at radius 1 is 1.14 bits per heavy atom. The van der Waals surface area contributed by atoms with Gasteiger partial charge in [-0.2, -0.15) is 4.98 Å². The zero-order chi connectivity index (χ0) is 19.7. The molecule has 0 saturated carbocycles. The first kappa shape index (κ1) is 18.2. The van der Waals surface area contributed by atoms with Crippen LogP contribution < -0.4 is 20.1 Å². The fourth-order valence-corrected chi connectivity index (χ4v) is 3.31. The van der Waals surface area contributed by atoms with E-state index in [4.69, 9.17) is 15.2 Å². The van der Waals surface area contributed by atoms with Gasteiger partial charge in [-0.15, -0.1) is 0 Å². The van der Waals surface area contributed by atoms with Gasteiger partial charge in [0.2, 0.25) is 0 Å². The van der Waals surface area contributed by atoms with Gasteiger partial charge in [0.1, 0.15) is 22.8 Å². The number of hydrogen-bond acceptors (Lipinski definition) is 8. The third-order valence-electron chi connectivity index (χ3n) is 5.14. The van der Waals surface area contributed by atoms with Gasteiger partial charge in [0.25, 0.3) is 0 Å². The third kappa shape index (κ3) is 3.50. The van der Waals surface area contributed by atoms with E-state index >= 15 is 0 Å². The summed E-state index contributed by atoms with van der Waals surface area (Å²) in [7, 11) is 1.61. The molecule has 1 aliphatic rings. The highest BCUT2D eigenvalue weighted by Gasteiger charge is 2.26. The predicted molar refractivity (Wildman–Crippen MR) is 107 cm³/mol. The van der Waals surface area contributed by atoms with Crippen molar-refractivity contribution in [1.29, 1.82) is 0 Å². The Labute approximate surface area is 162 Å². The Hall–Kier alpha value is -3.13. The van der Waals surface area contributed by atoms with E-state index < -0.39 is 6.10 Å². The lowest BCUT2D eigenvalue weighted by molar-refractivity contribution is 0.103. The molecule has 8 nitrogen and oxygen atoms in total. The lowest BCUT2D eigenvalue weighted by Gasteiger charge is -2.35. The first-order valence-electron chi connectivity index (χ1n) is 9.21. The predicted octanol–water partition coefficient (Wildman–Crippen LogP) is 2.62. The molecule has 2 aromatic heterocycles.